The number of hydrogen-bond donors (Lipinski definition) is 2. The van der Waals surface area contributed by atoms with Crippen LogP contribution in [-0.2, 0) is 0 Å². The van der Waals surface area contributed by atoms with E-state index in [-0.39, 0.29) is 11.3 Å². The first-order chi connectivity index (χ1) is 11.7. The Morgan fingerprint density at radius 3 is 2.29 bits per heavy atom. The van der Waals surface area contributed by atoms with Gasteiger partial charge in [-0.25, -0.2) is 0 Å². The molecule has 0 bridgehead atoms. The maximum absolute atomic E-state index is 12.4. The lowest BCUT2D eigenvalue weighted by atomic mass is 10.0. The summed E-state index contributed by atoms with van der Waals surface area (Å²) in [5.74, 6) is -0.490. The van der Waals surface area contributed by atoms with E-state index in [2.05, 4.69) is 5.32 Å². The summed E-state index contributed by atoms with van der Waals surface area (Å²) in [6, 6.07) is 23.1. The van der Waals surface area contributed by atoms with Crippen molar-refractivity contribution in [3.05, 3.63) is 83.9 Å². The molecule has 3 aromatic carbocycles. The molecular weight excluding hydrogens is 300 g/mol. The van der Waals surface area contributed by atoms with Crippen LogP contribution in [0.15, 0.2) is 72.8 Å². The normalized spacial score (nSPS) is 9.96. The SMILES string of the molecule is N#Cc1ccc(NC(=O)c2cc(-c3ccccc3)ccc2O)cc1. The molecule has 0 unspecified atom stereocenters. The Bertz CT molecular complexity index is 911. The zero-order valence-corrected chi connectivity index (χ0v) is 12.7. The number of nitriles is 1. The molecule has 4 heteroatoms. The fourth-order valence-corrected chi connectivity index (χ4v) is 2.35. The average molecular weight is 314 g/mol. The topological polar surface area (TPSA) is 73.1 Å². The van der Waals surface area contributed by atoms with E-state index in [1.54, 1.807) is 36.4 Å². The van der Waals surface area contributed by atoms with Crippen molar-refractivity contribution in [1.29, 1.82) is 5.26 Å². The molecule has 0 aliphatic carbocycles. The molecule has 0 heterocycles. The summed E-state index contributed by atoms with van der Waals surface area (Å²) in [5.41, 5.74) is 3.08. The predicted octanol–water partition coefficient (Wildman–Crippen LogP) is 4.18. The van der Waals surface area contributed by atoms with Crippen LogP contribution in [0.4, 0.5) is 5.69 Å². The molecule has 0 aromatic heterocycles. The van der Waals surface area contributed by atoms with Crippen LogP contribution in [-0.4, -0.2) is 11.0 Å². The summed E-state index contributed by atoms with van der Waals surface area (Å²) in [5, 5.41) is 21.5. The first-order valence-corrected chi connectivity index (χ1v) is 7.37. The summed E-state index contributed by atoms with van der Waals surface area (Å²) in [7, 11) is 0. The van der Waals surface area contributed by atoms with Crippen molar-refractivity contribution in [1.82, 2.24) is 0 Å². The van der Waals surface area contributed by atoms with Crippen LogP contribution in [0.3, 0.4) is 0 Å². The number of rotatable bonds is 3. The first-order valence-electron chi connectivity index (χ1n) is 7.37. The summed E-state index contributed by atoms with van der Waals surface area (Å²) in [4.78, 5) is 12.4. The van der Waals surface area contributed by atoms with Gasteiger partial charge in [0.25, 0.3) is 5.91 Å². The number of amides is 1. The van der Waals surface area contributed by atoms with Crippen molar-refractivity contribution >= 4 is 11.6 Å². The van der Waals surface area contributed by atoms with Crippen molar-refractivity contribution < 1.29 is 9.90 Å². The molecule has 0 saturated carbocycles. The molecule has 0 radical (unpaired) electrons. The van der Waals surface area contributed by atoms with E-state index in [0.717, 1.165) is 11.1 Å². The fraction of sp³-hybridized carbons (Fsp3) is 0. The highest BCUT2D eigenvalue weighted by atomic mass is 16.3. The van der Waals surface area contributed by atoms with E-state index < -0.39 is 5.91 Å². The highest BCUT2D eigenvalue weighted by Gasteiger charge is 2.13. The zero-order valence-electron chi connectivity index (χ0n) is 12.7. The minimum absolute atomic E-state index is 0.0826. The monoisotopic (exact) mass is 314 g/mol. The van der Waals surface area contributed by atoms with Crippen molar-refractivity contribution in [2.45, 2.75) is 0 Å². The van der Waals surface area contributed by atoms with E-state index in [1.165, 1.54) is 6.07 Å². The molecule has 3 aromatic rings. The van der Waals surface area contributed by atoms with Crippen LogP contribution in [0, 0.1) is 11.3 Å². The van der Waals surface area contributed by atoms with Crippen LogP contribution in [0.5, 0.6) is 5.75 Å². The number of carbonyl (C=O) groups excluding carboxylic acids is 1. The molecule has 0 aliphatic rings. The van der Waals surface area contributed by atoms with Crippen LogP contribution >= 0.6 is 0 Å². The summed E-state index contributed by atoms with van der Waals surface area (Å²) >= 11 is 0. The zero-order chi connectivity index (χ0) is 16.9. The van der Waals surface area contributed by atoms with Crippen LogP contribution in [0.1, 0.15) is 15.9 Å². The Labute approximate surface area is 139 Å². The van der Waals surface area contributed by atoms with Gasteiger partial charge in [-0.1, -0.05) is 36.4 Å². The van der Waals surface area contributed by atoms with E-state index in [1.807, 2.05) is 36.4 Å². The number of aromatic hydroxyl groups is 1. The second-order valence-electron chi connectivity index (χ2n) is 5.24. The second kappa shape index (κ2) is 6.67. The van der Waals surface area contributed by atoms with E-state index in [9.17, 15) is 9.90 Å². The van der Waals surface area contributed by atoms with Gasteiger partial charge in [-0.15, -0.1) is 0 Å². The van der Waals surface area contributed by atoms with Gasteiger partial charge in [-0.2, -0.15) is 5.26 Å². The summed E-state index contributed by atoms with van der Waals surface area (Å²) < 4.78 is 0. The number of carbonyl (C=O) groups is 1. The minimum atomic E-state index is -0.407. The third-order valence-electron chi connectivity index (χ3n) is 3.62. The Morgan fingerprint density at radius 1 is 0.917 bits per heavy atom. The molecule has 24 heavy (non-hydrogen) atoms. The van der Waals surface area contributed by atoms with Gasteiger partial charge in [-0.3, -0.25) is 4.79 Å². The minimum Gasteiger partial charge on any atom is -0.507 e. The van der Waals surface area contributed by atoms with E-state index in [4.69, 9.17) is 5.26 Å². The van der Waals surface area contributed by atoms with Gasteiger partial charge < -0.3 is 10.4 Å². The van der Waals surface area contributed by atoms with Crippen LogP contribution in [0.25, 0.3) is 11.1 Å². The van der Waals surface area contributed by atoms with Gasteiger partial charge in [0.05, 0.1) is 17.2 Å². The molecule has 3 rings (SSSR count). The highest BCUT2D eigenvalue weighted by Crippen LogP contribution is 2.26. The first kappa shape index (κ1) is 15.3. The maximum atomic E-state index is 12.4. The molecule has 2 N–H and O–H groups in total. The van der Waals surface area contributed by atoms with Crippen molar-refractivity contribution in [3.63, 3.8) is 0 Å². The quantitative estimate of drug-likeness (QED) is 0.761. The lowest BCUT2D eigenvalue weighted by Gasteiger charge is -2.09. The third-order valence-corrected chi connectivity index (χ3v) is 3.62. The number of phenols is 1. The van der Waals surface area contributed by atoms with Gasteiger partial charge >= 0.3 is 0 Å². The highest BCUT2D eigenvalue weighted by molar-refractivity contribution is 6.06. The molecule has 1 amide bonds. The number of anilines is 1. The Balaban J connectivity index is 1.87. The lowest BCUT2D eigenvalue weighted by molar-refractivity contribution is 0.102. The molecule has 0 atom stereocenters. The van der Waals surface area contributed by atoms with Gasteiger partial charge in [-0.05, 0) is 47.5 Å². The largest absolute Gasteiger partial charge is 0.507 e. The molecule has 0 fully saturated rings. The number of hydrogen-bond acceptors (Lipinski definition) is 3. The fourth-order valence-electron chi connectivity index (χ4n) is 2.35. The van der Waals surface area contributed by atoms with Crippen molar-refractivity contribution in [2.75, 3.05) is 5.32 Å². The smallest absolute Gasteiger partial charge is 0.259 e. The van der Waals surface area contributed by atoms with Gasteiger partial charge in [0.1, 0.15) is 5.75 Å². The Kier molecular flexibility index (Phi) is 4.26. The Hall–Kier alpha value is -3.58. The van der Waals surface area contributed by atoms with Gasteiger partial charge in [0, 0.05) is 5.69 Å². The predicted molar refractivity (Wildman–Crippen MR) is 92.7 cm³/mol. The molecule has 0 spiro atoms. The van der Waals surface area contributed by atoms with Crippen molar-refractivity contribution in [3.8, 4) is 22.9 Å². The second-order valence-corrected chi connectivity index (χ2v) is 5.24. The standard InChI is InChI=1S/C20H14N2O2/c21-13-14-6-9-17(10-7-14)22-20(24)18-12-16(8-11-19(18)23)15-4-2-1-3-5-15/h1-12,23H,(H,22,24). The summed E-state index contributed by atoms with van der Waals surface area (Å²) in [6.07, 6.45) is 0. The van der Waals surface area contributed by atoms with Crippen molar-refractivity contribution in [2.24, 2.45) is 0 Å². The molecule has 0 saturated heterocycles. The number of nitrogens with zero attached hydrogens (tertiary/aromatic N) is 1. The third kappa shape index (κ3) is 3.26. The van der Waals surface area contributed by atoms with Crippen LogP contribution in [0.2, 0.25) is 0 Å². The number of benzene rings is 3. The van der Waals surface area contributed by atoms with E-state index >= 15 is 0 Å². The lowest BCUT2D eigenvalue weighted by Crippen LogP contribution is -2.12. The van der Waals surface area contributed by atoms with Gasteiger partial charge in [0.15, 0.2) is 0 Å². The molecule has 4 nitrogen and oxygen atoms in total. The molecule has 0 aliphatic heterocycles. The van der Waals surface area contributed by atoms with Gasteiger partial charge in [0.2, 0.25) is 0 Å². The Morgan fingerprint density at radius 2 is 1.62 bits per heavy atom. The molecular formula is C20H14N2O2. The summed E-state index contributed by atoms with van der Waals surface area (Å²) in [6.45, 7) is 0. The molecule has 116 valence electrons. The average Bonchev–Trinajstić information content (AvgIpc) is 2.63. The number of nitrogens with one attached hydrogen (secondary N) is 1. The van der Waals surface area contributed by atoms with Crippen LogP contribution < -0.4 is 5.32 Å². The number of phenolic OH excluding ortho intramolecular Hbond substituents is 1. The maximum Gasteiger partial charge on any atom is 0.259 e. The van der Waals surface area contributed by atoms with E-state index in [0.29, 0.717) is 11.3 Å².